The highest BCUT2D eigenvalue weighted by Gasteiger charge is 2.43. The lowest BCUT2D eigenvalue weighted by Crippen LogP contribution is -2.54. The van der Waals surface area contributed by atoms with Crippen LogP contribution in [0, 0.1) is 6.92 Å². The number of piperidine rings is 1. The summed E-state index contributed by atoms with van der Waals surface area (Å²) in [6.45, 7) is 5.51. The third-order valence-corrected chi connectivity index (χ3v) is 5.43. The lowest BCUT2D eigenvalue weighted by atomic mass is 9.81. The molecule has 2 heterocycles. The van der Waals surface area contributed by atoms with Crippen molar-refractivity contribution in [1.82, 2.24) is 4.90 Å². The standard InChI is InChI=1S/C20H29NO4/c1-3-17-12-16(22)13-20(25-17)8-10-21(11-9-20)19(23)14-24-18-6-4-15(2)5-7-18/h4-7,16-17,22H,3,8-14H2,1-2H3/t16-,17+/m1/s1. The van der Waals surface area contributed by atoms with Crippen LogP contribution < -0.4 is 4.74 Å². The molecular formula is C20H29NO4. The van der Waals surface area contributed by atoms with E-state index in [1.807, 2.05) is 36.1 Å². The number of hydrogen-bond acceptors (Lipinski definition) is 4. The van der Waals surface area contributed by atoms with Gasteiger partial charge in [-0.2, -0.15) is 0 Å². The molecule has 1 spiro atoms. The zero-order chi connectivity index (χ0) is 17.9. The van der Waals surface area contributed by atoms with Crippen LogP contribution >= 0.6 is 0 Å². The number of carbonyl (C=O) groups excluding carboxylic acids is 1. The summed E-state index contributed by atoms with van der Waals surface area (Å²) in [6, 6.07) is 7.71. The highest BCUT2D eigenvalue weighted by molar-refractivity contribution is 5.77. The predicted molar refractivity (Wildman–Crippen MR) is 95.6 cm³/mol. The van der Waals surface area contributed by atoms with Crippen LogP contribution in [0.1, 0.15) is 44.6 Å². The number of aliphatic hydroxyl groups is 1. The van der Waals surface area contributed by atoms with E-state index >= 15 is 0 Å². The molecule has 1 aromatic rings. The van der Waals surface area contributed by atoms with E-state index in [-0.39, 0.29) is 30.3 Å². The minimum atomic E-state index is -0.286. The molecule has 0 saturated carbocycles. The molecule has 138 valence electrons. The Kier molecular flexibility index (Phi) is 5.64. The van der Waals surface area contributed by atoms with E-state index in [1.54, 1.807) is 0 Å². The molecule has 5 nitrogen and oxygen atoms in total. The molecule has 2 atom stereocenters. The van der Waals surface area contributed by atoms with E-state index in [0.717, 1.165) is 31.4 Å². The summed E-state index contributed by atoms with van der Waals surface area (Å²) in [7, 11) is 0. The van der Waals surface area contributed by atoms with Crippen LogP contribution in [0.25, 0.3) is 0 Å². The minimum Gasteiger partial charge on any atom is -0.484 e. The Morgan fingerprint density at radius 1 is 1.32 bits per heavy atom. The lowest BCUT2D eigenvalue weighted by Gasteiger charge is -2.47. The fourth-order valence-corrected chi connectivity index (χ4v) is 3.87. The van der Waals surface area contributed by atoms with Crippen LogP contribution in [0.3, 0.4) is 0 Å². The van der Waals surface area contributed by atoms with Crippen LogP contribution in [0.15, 0.2) is 24.3 Å². The van der Waals surface area contributed by atoms with Gasteiger partial charge in [-0.3, -0.25) is 4.79 Å². The third kappa shape index (κ3) is 4.53. The Morgan fingerprint density at radius 3 is 2.64 bits per heavy atom. The summed E-state index contributed by atoms with van der Waals surface area (Å²) in [5.41, 5.74) is 0.910. The van der Waals surface area contributed by atoms with Crippen molar-refractivity contribution < 1.29 is 19.4 Å². The fourth-order valence-electron chi connectivity index (χ4n) is 3.87. The average molecular weight is 347 g/mol. The number of ether oxygens (including phenoxy) is 2. The second-order valence-corrected chi connectivity index (χ2v) is 7.41. The van der Waals surface area contributed by atoms with Crippen molar-refractivity contribution in [2.24, 2.45) is 0 Å². The number of aliphatic hydroxyl groups excluding tert-OH is 1. The summed E-state index contributed by atoms with van der Waals surface area (Å²) in [5, 5.41) is 10.2. The molecule has 1 N–H and O–H groups in total. The maximum atomic E-state index is 12.4. The van der Waals surface area contributed by atoms with Crippen molar-refractivity contribution in [2.45, 2.75) is 63.8 Å². The first-order valence-electron chi connectivity index (χ1n) is 9.33. The van der Waals surface area contributed by atoms with Gasteiger partial charge in [-0.05, 0) is 44.7 Å². The molecule has 2 aliphatic rings. The van der Waals surface area contributed by atoms with Gasteiger partial charge in [-0.1, -0.05) is 24.6 Å². The molecule has 0 aromatic heterocycles. The Hall–Kier alpha value is -1.59. The number of amides is 1. The number of carbonyl (C=O) groups is 1. The number of nitrogens with zero attached hydrogens (tertiary/aromatic N) is 1. The molecular weight excluding hydrogens is 318 g/mol. The highest BCUT2D eigenvalue weighted by Crippen LogP contribution is 2.38. The zero-order valence-corrected chi connectivity index (χ0v) is 15.2. The topological polar surface area (TPSA) is 59.0 Å². The quantitative estimate of drug-likeness (QED) is 0.910. The molecule has 0 unspecified atom stereocenters. The SMILES string of the molecule is CC[C@H]1C[C@@H](O)CC2(CCN(C(=O)COc3ccc(C)cc3)CC2)O1. The molecule has 0 aliphatic carbocycles. The number of hydrogen-bond donors (Lipinski definition) is 1. The van der Waals surface area contributed by atoms with Crippen molar-refractivity contribution in [3.05, 3.63) is 29.8 Å². The largest absolute Gasteiger partial charge is 0.484 e. The first-order chi connectivity index (χ1) is 12.0. The Bertz CT molecular complexity index is 578. The van der Waals surface area contributed by atoms with E-state index < -0.39 is 0 Å². The van der Waals surface area contributed by atoms with Crippen LogP contribution in [-0.4, -0.2) is 53.4 Å². The van der Waals surface area contributed by atoms with Crippen molar-refractivity contribution in [2.75, 3.05) is 19.7 Å². The van der Waals surface area contributed by atoms with Gasteiger partial charge in [-0.25, -0.2) is 0 Å². The van der Waals surface area contributed by atoms with Crippen LogP contribution in [0.4, 0.5) is 0 Å². The van der Waals surface area contributed by atoms with E-state index in [4.69, 9.17) is 9.47 Å². The van der Waals surface area contributed by atoms with E-state index in [1.165, 1.54) is 5.56 Å². The smallest absolute Gasteiger partial charge is 0.260 e. The molecule has 1 aromatic carbocycles. The van der Waals surface area contributed by atoms with Gasteiger partial charge in [0, 0.05) is 19.5 Å². The van der Waals surface area contributed by atoms with Crippen molar-refractivity contribution in [1.29, 1.82) is 0 Å². The van der Waals surface area contributed by atoms with E-state index in [0.29, 0.717) is 19.5 Å². The number of rotatable bonds is 4. The minimum absolute atomic E-state index is 0.0128. The maximum Gasteiger partial charge on any atom is 0.260 e. The lowest BCUT2D eigenvalue weighted by molar-refractivity contribution is -0.184. The maximum absolute atomic E-state index is 12.4. The monoisotopic (exact) mass is 347 g/mol. The molecule has 25 heavy (non-hydrogen) atoms. The van der Waals surface area contributed by atoms with Crippen molar-refractivity contribution in [3.8, 4) is 5.75 Å². The molecule has 3 rings (SSSR count). The second kappa shape index (κ2) is 7.75. The van der Waals surface area contributed by atoms with Gasteiger partial charge in [0.05, 0.1) is 17.8 Å². The Labute approximate surface area is 149 Å². The molecule has 5 heteroatoms. The highest BCUT2D eigenvalue weighted by atomic mass is 16.5. The molecule has 2 saturated heterocycles. The van der Waals surface area contributed by atoms with Gasteiger partial charge in [-0.15, -0.1) is 0 Å². The number of aryl methyl sites for hydroxylation is 1. The van der Waals surface area contributed by atoms with Crippen LogP contribution in [0.2, 0.25) is 0 Å². The first kappa shape index (κ1) is 18.2. The number of benzene rings is 1. The van der Waals surface area contributed by atoms with Gasteiger partial charge < -0.3 is 19.5 Å². The first-order valence-corrected chi connectivity index (χ1v) is 9.33. The zero-order valence-electron chi connectivity index (χ0n) is 15.2. The predicted octanol–water partition coefficient (Wildman–Crippen LogP) is 2.68. The summed E-state index contributed by atoms with van der Waals surface area (Å²) in [5.74, 6) is 0.732. The summed E-state index contributed by atoms with van der Waals surface area (Å²) in [6.07, 6.45) is 3.76. The van der Waals surface area contributed by atoms with E-state index in [2.05, 4.69) is 6.92 Å². The fraction of sp³-hybridized carbons (Fsp3) is 0.650. The van der Waals surface area contributed by atoms with Gasteiger partial charge in [0.15, 0.2) is 6.61 Å². The van der Waals surface area contributed by atoms with Gasteiger partial charge >= 0.3 is 0 Å². The Balaban J connectivity index is 1.49. The van der Waals surface area contributed by atoms with E-state index in [9.17, 15) is 9.90 Å². The summed E-state index contributed by atoms with van der Waals surface area (Å²) < 4.78 is 11.9. The van der Waals surface area contributed by atoms with Crippen molar-refractivity contribution in [3.63, 3.8) is 0 Å². The second-order valence-electron chi connectivity index (χ2n) is 7.41. The number of likely N-dealkylation sites (tertiary alicyclic amines) is 1. The molecule has 0 radical (unpaired) electrons. The third-order valence-electron chi connectivity index (χ3n) is 5.43. The normalized spacial score (nSPS) is 25.8. The van der Waals surface area contributed by atoms with Crippen LogP contribution in [-0.2, 0) is 9.53 Å². The van der Waals surface area contributed by atoms with Gasteiger partial charge in [0.1, 0.15) is 5.75 Å². The molecule has 2 fully saturated rings. The average Bonchev–Trinajstić information content (AvgIpc) is 2.61. The summed E-state index contributed by atoms with van der Waals surface area (Å²) >= 11 is 0. The van der Waals surface area contributed by atoms with Crippen LogP contribution in [0.5, 0.6) is 5.75 Å². The molecule has 1 amide bonds. The van der Waals surface area contributed by atoms with Gasteiger partial charge in [0.2, 0.25) is 0 Å². The molecule has 0 bridgehead atoms. The summed E-state index contributed by atoms with van der Waals surface area (Å²) in [4.78, 5) is 14.3. The molecule has 2 aliphatic heterocycles. The van der Waals surface area contributed by atoms with Crippen molar-refractivity contribution >= 4 is 5.91 Å². The Morgan fingerprint density at radius 2 is 2.00 bits per heavy atom. The van der Waals surface area contributed by atoms with Gasteiger partial charge in [0.25, 0.3) is 5.91 Å².